The van der Waals surface area contributed by atoms with Gasteiger partial charge < -0.3 is 9.47 Å². The van der Waals surface area contributed by atoms with Crippen LogP contribution in [0.4, 0.5) is 8.78 Å². The molecule has 0 N–H and O–H groups in total. The number of halogens is 2. The molecule has 5 heterocycles. The number of amides is 1. The molecule has 0 fully saturated rings. The summed E-state index contributed by atoms with van der Waals surface area (Å²) in [6.45, 7) is 10.0. The molecule has 43 heavy (non-hydrogen) atoms. The van der Waals surface area contributed by atoms with Crippen LogP contribution in [0.25, 0.3) is 54.9 Å². The Balaban J connectivity index is 1.51. The minimum atomic E-state index is -0.386. The zero-order chi connectivity index (χ0) is 30.2. The number of hydrogen-bond acceptors (Lipinski definition) is 5. The van der Waals surface area contributed by atoms with Crippen molar-refractivity contribution in [1.82, 2.24) is 29.2 Å². The molecule has 1 amide bonds. The molecule has 7 nitrogen and oxygen atoms in total. The Bertz CT molecular complexity index is 2090. The lowest BCUT2D eigenvalue weighted by atomic mass is 9.96. The van der Waals surface area contributed by atoms with Gasteiger partial charge in [-0.25, -0.2) is 18.7 Å². The lowest BCUT2D eigenvalue weighted by molar-refractivity contribution is -0.129. The molecule has 0 bridgehead atoms. The Kier molecular flexibility index (Phi) is 6.28. The molecule has 2 aromatic carbocycles. The van der Waals surface area contributed by atoms with Gasteiger partial charge in [0.1, 0.15) is 23.2 Å². The monoisotopic (exact) mass is 594 g/mol. The molecule has 0 unspecified atom stereocenters. The molecule has 1 aliphatic rings. The summed E-state index contributed by atoms with van der Waals surface area (Å²) in [4.78, 5) is 24.3. The summed E-state index contributed by atoms with van der Waals surface area (Å²) < 4.78 is 34.5. The van der Waals surface area contributed by atoms with Crippen LogP contribution in [0.5, 0.6) is 0 Å². The Morgan fingerprint density at radius 2 is 1.79 bits per heavy atom. The van der Waals surface area contributed by atoms with Crippen LogP contribution in [0, 0.1) is 18.6 Å². The SMILES string of the molecule is C=CC(=O)N1C[C@H](C)n2nc(-c3nc(-c4ccc5c(c4)nc(C)n5C)c4scc(F)c4c3-c3ccc(F)cc3)cc2[C@H]1C. The second-order valence-corrected chi connectivity index (χ2v) is 11.9. The first-order valence-corrected chi connectivity index (χ1v) is 14.9. The van der Waals surface area contributed by atoms with E-state index in [-0.39, 0.29) is 29.6 Å². The van der Waals surface area contributed by atoms with E-state index in [1.807, 2.05) is 61.3 Å². The number of fused-ring (bicyclic) bond motifs is 3. The summed E-state index contributed by atoms with van der Waals surface area (Å²) in [6, 6.07) is 13.5. The third-order valence-electron chi connectivity index (χ3n) is 8.42. The molecule has 0 radical (unpaired) electrons. The minimum absolute atomic E-state index is 0.103. The molecule has 1 aliphatic heterocycles. The molecule has 0 saturated heterocycles. The fraction of sp³-hybridized carbons (Fsp3) is 0.212. The van der Waals surface area contributed by atoms with E-state index in [0.717, 1.165) is 28.1 Å². The van der Waals surface area contributed by atoms with Gasteiger partial charge in [0.25, 0.3) is 0 Å². The second kappa shape index (κ2) is 9.95. The van der Waals surface area contributed by atoms with Gasteiger partial charge in [0, 0.05) is 35.5 Å². The van der Waals surface area contributed by atoms with Gasteiger partial charge in [-0.1, -0.05) is 24.8 Å². The maximum Gasteiger partial charge on any atom is 0.246 e. The Morgan fingerprint density at radius 3 is 2.53 bits per heavy atom. The molecule has 10 heteroatoms. The second-order valence-electron chi connectivity index (χ2n) is 11.0. The molecule has 7 rings (SSSR count). The van der Waals surface area contributed by atoms with E-state index in [4.69, 9.17) is 15.1 Å². The van der Waals surface area contributed by atoms with Gasteiger partial charge >= 0.3 is 0 Å². The number of pyridine rings is 1. The quantitative estimate of drug-likeness (QED) is 0.197. The Morgan fingerprint density at radius 1 is 1.05 bits per heavy atom. The summed E-state index contributed by atoms with van der Waals surface area (Å²) in [5.41, 5.74) is 6.27. The number of nitrogens with zero attached hydrogens (tertiary/aromatic N) is 6. The van der Waals surface area contributed by atoms with E-state index in [1.165, 1.54) is 34.9 Å². The van der Waals surface area contributed by atoms with Crippen LogP contribution in [0.3, 0.4) is 0 Å². The molecule has 0 aliphatic carbocycles. The lowest BCUT2D eigenvalue weighted by Gasteiger charge is -2.36. The normalized spacial score (nSPS) is 16.7. The molecule has 0 spiro atoms. The van der Waals surface area contributed by atoms with Gasteiger partial charge in [-0.3, -0.25) is 9.48 Å². The number of aromatic nitrogens is 5. The van der Waals surface area contributed by atoms with Crippen molar-refractivity contribution in [3.05, 3.63) is 89.7 Å². The van der Waals surface area contributed by atoms with E-state index in [1.54, 1.807) is 17.0 Å². The highest BCUT2D eigenvalue weighted by Crippen LogP contribution is 2.45. The van der Waals surface area contributed by atoms with Gasteiger partial charge in [0.05, 0.1) is 44.9 Å². The van der Waals surface area contributed by atoms with E-state index < -0.39 is 0 Å². The van der Waals surface area contributed by atoms with Crippen molar-refractivity contribution in [2.45, 2.75) is 32.9 Å². The first-order valence-electron chi connectivity index (χ1n) is 14.0. The highest BCUT2D eigenvalue weighted by Gasteiger charge is 2.33. The number of carbonyl (C=O) groups excluding carboxylic acids is 1. The van der Waals surface area contributed by atoms with E-state index in [9.17, 15) is 9.18 Å². The van der Waals surface area contributed by atoms with Crippen LogP contribution in [0.2, 0.25) is 0 Å². The topological polar surface area (TPSA) is 68.8 Å². The standard InChI is InChI=1S/C33H28F2N6OS/c1-6-28(42)40-15-17(2)41-27(18(40)3)14-25(38-41)32-29(20-7-10-22(34)11-8-20)30-23(35)16-43-33(30)31(37-32)21-9-12-26-24(13-21)36-19(4)39(26)5/h6-14,16-18H,1,15H2,2-5H3/t17-,18+/m0/s1. The average molecular weight is 595 g/mol. The maximum absolute atomic E-state index is 15.8. The van der Waals surface area contributed by atoms with Crippen molar-refractivity contribution in [1.29, 1.82) is 0 Å². The molecule has 2 atom stereocenters. The Labute approximate surface area is 250 Å². The molecule has 0 saturated carbocycles. The van der Waals surface area contributed by atoms with Crippen molar-refractivity contribution >= 4 is 38.4 Å². The summed E-state index contributed by atoms with van der Waals surface area (Å²) >= 11 is 1.28. The zero-order valence-corrected chi connectivity index (χ0v) is 24.9. The van der Waals surface area contributed by atoms with Crippen molar-refractivity contribution < 1.29 is 13.6 Å². The van der Waals surface area contributed by atoms with Gasteiger partial charge in [0.2, 0.25) is 5.91 Å². The number of rotatable bonds is 4. The number of thiophene rings is 1. The molecule has 216 valence electrons. The van der Waals surface area contributed by atoms with Gasteiger partial charge in [-0.05, 0) is 62.7 Å². The van der Waals surface area contributed by atoms with Crippen LogP contribution >= 0.6 is 11.3 Å². The van der Waals surface area contributed by atoms with Gasteiger partial charge in [-0.2, -0.15) is 5.10 Å². The summed E-state index contributed by atoms with van der Waals surface area (Å²) in [5.74, 6) is -0.0336. The minimum Gasteiger partial charge on any atom is -0.331 e. The third-order valence-corrected chi connectivity index (χ3v) is 9.38. The van der Waals surface area contributed by atoms with Crippen molar-refractivity contribution in [3.8, 4) is 33.8 Å². The predicted octanol–water partition coefficient (Wildman–Crippen LogP) is 7.62. The van der Waals surface area contributed by atoms with Crippen molar-refractivity contribution in [2.75, 3.05) is 6.54 Å². The summed E-state index contributed by atoms with van der Waals surface area (Å²) in [5, 5.41) is 6.87. The average Bonchev–Trinajstić information content (AvgIpc) is 3.70. The highest BCUT2D eigenvalue weighted by atomic mass is 32.1. The van der Waals surface area contributed by atoms with Crippen LogP contribution in [0.15, 0.2) is 66.6 Å². The van der Waals surface area contributed by atoms with Crippen molar-refractivity contribution in [3.63, 3.8) is 0 Å². The van der Waals surface area contributed by atoms with Crippen molar-refractivity contribution in [2.24, 2.45) is 7.05 Å². The highest BCUT2D eigenvalue weighted by molar-refractivity contribution is 7.17. The first-order chi connectivity index (χ1) is 20.7. The van der Waals surface area contributed by atoms with E-state index in [0.29, 0.717) is 44.8 Å². The lowest BCUT2D eigenvalue weighted by Crippen LogP contribution is -2.42. The predicted molar refractivity (Wildman–Crippen MR) is 166 cm³/mol. The number of imidazole rings is 1. The number of aryl methyl sites for hydroxylation is 2. The van der Waals surface area contributed by atoms with Gasteiger partial charge in [0.15, 0.2) is 0 Å². The largest absolute Gasteiger partial charge is 0.331 e. The van der Waals surface area contributed by atoms with Crippen LogP contribution in [-0.4, -0.2) is 41.7 Å². The first kappa shape index (κ1) is 27.2. The fourth-order valence-corrected chi connectivity index (χ4v) is 7.03. The molecular weight excluding hydrogens is 566 g/mol. The smallest absolute Gasteiger partial charge is 0.246 e. The van der Waals surface area contributed by atoms with Crippen LogP contribution < -0.4 is 0 Å². The molecule has 4 aromatic heterocycles. The van der Waals surface area contributed by atoms with E-state index >= 15 is 4.39 Å². The summed E-state index contributed by atoms with van der Waals surface area (Å²) in [6.07, 6.45) is 1.32. The maximum atomic E-state index is 15.8. The fourth-order valence-electron chi connectivity index (χ4n) is 6.09. The Hall–Kier alpha value is -4.70. The molecule has 6 aromatic rings. The molecular formula is C33H28F2N6OS. The number of carbonyl (C=O) groups is 1. The van der Waals surface area contributed by atoms with Gasteiger partial charge in [-0.15, -0.1) is 11.3 Å². The summed E-state index contributed by atoms with van der Waals surface area (Å²) in [7, 11) is 1.97. The number of hydrogen-bond donors (Lipinski definition) is 0. The number of benzene rings is 2. The zero-order valence-electron chi connectivity index (χ0n) is 24.1. The van der Waals surface area contributed by atoms with Crippen LogP contribution in [0.1, 0.15) is 37.4 Å². The third kappa shape index (κ3) is 4.19. The van der Waals surface area contributed by atoms with E-state index in [2.05, 4.69) is 6.58 Å². The van der Waals surface area contributed by atoms with Crippen LogP contribution in [-0.2, 0) is 11.8 Å².